The second-order valence-electron chi connectivity index (χ2n) is 9.99. The van der Waals surface area contributed by atoms with Crippen molar-refractivity contribution >= 4 is 20.0 Å². The van der Waals surface area contributed by atoms with Crippen molar-refractivity contribution in [2.75, 3.05) is 26.7 Å². The van der Waals surface area contributed by atoms with Crippen LogP contribution in [-0.2, 0) is 20.0 Å². The Morgan fingerprint density at radius 3 is 2.40 bits per heavy atom. The van der Waals surface area contributed by atoms with E-state index in [4.69, 9.17) is 4.74 Å². The molecule has 1 aliphatic rings. The molecule has 0 saturated heterocycles. The van der Waals surface area contributed by atoms with Gasteiger partial charge in [-0.25, -0.2) is 16.8 Å². The molecule has 1 aromatic heterocycles. The monoisotopic (exact) mass is 583 g/mol. The molecular formula is C29H33N3O6S2. The van der Waals surface area contributed by atoms with E-state index in [1.807, 2.05) is 13.8 Å². The molecule has 0 amide bonds. The smallest absolute Gasteiger partial charge is 0.247 e. The molecule has 3 aromatic rings. The summed E-state index contributed by atoms with van der Waals surface area (Å²) in [4.78, 5) is 4.07. The van der Waals surface area contributed by atoms with Crippen LogP contribution in [0.5, 0.6) is 5.75 Å². The molecular weight excluding hydrogens is 550 g/mol. The van der Waals surface area contributed by atoms with E-state index >= 15 is 0 Å². The summed E-state index contributed by atoms with van der Waals surface area (Å²) in [5.41, 5.74) is 2.21. The quantitative estimate of drug-likeness (QED) is 0.444. The molecule has 0 fully saturated rings. The lowest BCUT2D eigenvalue weighted by molar-refractivity contribution is 0.0904. The minimum absolute atomic E-state index is 0.0227. The van der Waals surface area contributed by atoms with Gasteiger partial charge in [-0.3, -0.25) is 4.98 Å². The number of nitrogens with zero attached hydrogens (tertiary/aromatic N) is 3. The van der Waals surface area contributed by atoms with E-state index in [2.05, 4.69) is 16.8 Å². The molecule has 9 nitrogen and oxygen atoms in total. The van der Waals surface area contributed by atoms with Gasteiger partial charge in [0.2, 0.25) is 20.0 Å². The Hall–Kier alpha value is -3.27. The molecule has 0 unspecified atom stereocenters. The normalized spacial score (nSPS) is 19.9. The van der Waals surface area contributed by atoms with Crippen molar-refractivity contribution in [2.24, 2.45) is 5.92 Å². The summed E-state index contributed by atoms with van der Waals surface area (Å²) in [6.45, 7) is 4.96. The molecule has 3 atom stereocenters. The van der Waals surface area contributed by atoms with E-state index in [-0.39, 0.29) is 35.2 Å². The van der Waals surface area contributed by atoms with Gasteiger partial charge in [-0.15, -0.1) is 0 Å². The fraction of sp³-hybridized carbons (Fsp3) is 0.345. The van der Waals surface area contributed by atoms with Crippen molar-refractivity contribution in [3.05, 3.63) is 83.7 Å². The predicted molar refractivity (Wildman–Crippen MR) is 152 cm³/mol. The summed E-state index contributed by atoms with van der Waals surface area (Å²) in [6, 6.07) is 14.0. The molecule has 1 aliphatic heterocycles. The zero-order valence-electron chi connectivity index (χ0n) is 22.9. The third kappa shape index (κ3) is 6.37. The zero-order chi connectivity index (χ0) is 29.1. The first-order valence-corrected chi connectivity index (χ1v) is 15.7. The summed E-state index contributed by atoms with van der Waals surface area (Å²) < 4.78 is 62.8. The number of ether oxygens (including phenoxy) is 1. The average molecular weight is 584 g/mol. The lowest BCUT2D eigenvalue weighted by atomic mass is 10.0. The van der Waals surface area contributed by atoms with Gasteiger partial charge in [-0.2, -0.15) is 8.61 Å². The standard InChI is InChI=1S/C29H33N3O6S2/c1-21-5-10-26(11-6-21)39(34,35)31(4)19-28-22(2)18-32(23(3)20-33)40(36,37)29-12-9-25(17-27(29)38-28)8-7-24-13-15-30-16-14-24/h5-6,9-17,22-23,28,33H,18-20H2,1-4H3/t22-,23-,28-/m0/s1. The van der Waals surface area contributed by atoms with E-state index in [1.165, 1.54) is 21.7 Å². The number of pyridine rings is 1. The summed E-state index contributed by atoms with van der Waals surface area (Å²) in [6.07, 6.45) is 2.56. The fourth-order valence-electron chi connectivity index (χ4n) is 4.34. The van der Waals surface area contributed by atoms with Crippen LogP contribution in [0.4, 0.5) is 0 Å². The minimum Gasteiger partial charge on any atom is -0.487 e. The van der Waals surface area contributed by atoms with Crippen LogP contribution in [-0.4, -0.2) is 74.4 Å². The Morgan fingerprint density at radius 2 is 1.75 bits per heavy atom. The number of fused-ring (bicyclic) bond motifs is 1. The van der Waals surface area contributed by atoms with Gasteiger partial charge in [-0.1, -0.05) is 36.5 Å². The molecule has 4 rings (SSSR count). The van der Waals surface area contributed by atoms with Crippen molar-refractivity contribution in [1.82, 2.24) is 13.6 Å². The third-order valence-corrected chi connectivity index (χ3v) is 10.7. The van der Waals surface area contributed by atoms with E-state index < -0.39 is 38.1 Å². The van der Waals surface area contributed by atoms with Crippen molar-refractivity contribution < 1.29 is 26.7 Å². The van der Waals surface area contributed by atoms with Crippen LogP contribution in [0.15, 0.2) is 76.8 Å². The molecule has 2 heterocycles. The van der Waals surface area contributed by atoms with Crippen LogP contribution in [0.25, 0.3) is 0 Å². The van der Waals surface area contributed by atoms with Gasteiger partial charge < -0.3 is 9.84 Å². The van der Waals surface area contributed by atoms with Gasteiger partial charge in [0.05, 0.1) is 18.0 Å². The van der Waals surface area contributed by atoms with E-state index in [0.717, 1.165) is 11.1 Å². The van der Waals surface area contributed by atoms with Gasteiger partial charge in [0.25, 0.3) is 0 Å². The lowest BCUT2D eigenvalue weighted by Crippen LogP contribution is -2.50. The number of aliphatic hydroxyl groups is 1. The Morgan fingerprint density at radius 1 is 1.10 bits per heavy atom. The maximum absolute atomic E-state index is 13.7. The summed E-state index contributed by atoms with van der Waals surface area (Å²) in [5.74, 6) is 5.71. The highest BCUT2D eigenvalue weighted by Crippen LogP contribution is 2.34. The molecule has 1 N–H and O–H groups in total. The second-order valence-corrected chi connectivity index (χ2v) is 13.9. The first-order valence-electron chi connectivity index (χ1n) is 12.8. The van der Waals surface area contributed by atoms with Crippen molar-refractivity contribution in [3.63, 3.8) is 0 Å². The number of aryl methyl sites for hydroxylation is 1. The summed E-state index contributed by atoms with van der Waals surface area (Å²) >= 11 is 0. The Labute approximate surface area is 236 Å². The summed E-state index contributed by atoms with van der Waals surface area (Å²) in [5, 5.41) is 9.85. The molecule has 0 radical (unpaired) electrons. The minimum atomic E-state index is -4.04. The molecule has 2 aromatic carbocycles. The number of hydrogen-bond donors (Lipinski definition) is 1. The number of rotatable bonds is 6. The number of aromatic nitrogens is 1. The van der Waals surface area contributed by atoms with Gasteiger partial charge in [-0.05, 0) is 56.3 Å². The van der Waals surface area contributed by atoms with Crippen molar-refractivity contribution in [1.29, 1.82) is 0 Å². The highest BCUT2D eigenvalue weighted by Gasteiger charge is 2.39. The van der Waals surface area contributed by atoms with E-state index in [0.29, 0.717) is 5.56 Å². The number of likely N-dealkylation sites (N-methyl/N-ethyl adjacent to an activating group) is 1. The number of benzene rings is 2. The van der Waals surface area contributed by atoms with Crippen molar-refractivity contribution in [3.8, 4) is 17.6 Å². The molecule has 40 heavy (non-hydrogen) atoms. The topological polar surface area (TPSA) is 117 Å². The SMILES string of the molecule is Cc1ccc(S(=O)(=O)N(C)C[C@@H]2Oc3cc(C#Cc4ccncc4)ccc3S(=O)(=O)N([C@@H](C)CO)C[C@@H]2C)cc1. The van der Waals surface area contributed by atoms with Crippen LogP contribution in [0.1, 0.15) is 30.5 Å². The number of sulfonamides is 2. The third-order valence-electron chi connectivity index (χ3n) is 6.86. The number of aliphatic hydroxyl groups excluding tert-OH is 1. The molecule has 0 spiro atoms. The van der Waals surface area contributed by atoms with Crippen LogP contribution >= 0.6 is 0 Å². The largest absolute Gasteiger partial charge is 0.487 e. The van der Waals surface area contributed by atoms with Gasteiger partial charge >= 0.3 is 0 Å². The Balaban J connectivity index is 1.74. The predicted octanol–water partition coefficient (Wildman–Crippen LogP) is 2.88. The van der Waals surface area contributed by atoms with Crippen LogP contribution in [0, 0.1) is 24.7 Å². The summed E-state index contributed by atoms with van der Waals surface area (Å²) in [7, 11) is -6.39. The molecule has 0 aliphatic carbocycles. The Bertz CT molecular complexity index is 1620. The Kier molecular flexibility index (Phi) is 8.97. The molecule has 212 valence electrons. The van der Waals surface area contributed by atoms with Gasteiger partial charge in [0.15, 0.2) is 0 Å². The van der Waals surface area contributed by atoms with Crippen LogP contribution in [0.3, 0.4) is 0 Å². The highest BCUT2D eigenvalue weighted by atomic mass is 32.2. The van der Waals surface area contributed by atoms with Gasteiger partial charge in [0.1, 0.15) is 16.7 Å². The highest BCUT2D eigenvalue weighted by molar-refractivity contribution is 7.89. The van der Waals surface area contributed by atoms with Crippen LogP contribution < -0.4 is 4.74 Å². The van der Waals surface area contributed by atoms with Crippen LogP contribution in [0.2, 0.25) is 0 Å². The van der Waals surface area contributed by atoms with E-state index in [1.54, 1.807) is 67.8 Å². The number of hydrogen-bond acceptors (Lipinski definition) is 7. The lowest BCUT2D eigenvalue weighted by Gasteiger charge is -2.37. The van der Waals surface area contributed by atoms with Crippen molar-refractivity contribution in [2.45, 2.75) is 42.7 Å². The first-order chi connectivity index (χ1) is 18.9. The average Bonchev–Trinajstić information content (AvgIpc) is 2.94. The maximum Gasteiger partial charge on any atom is 0.247 e. The fourth-order valence-corrected chi connectivity index (χ4v) is 7.35. The first kappa shape index (κ1) is 29.7. The zero-order valence-corrected chi connectivity index (χ0v) is 24.5. The van der Waals surface area contributed by atoms with E-state index in [9.17, 15) is 21.9 Å². The molecule has 0 bridgehead atoms. The molecule has 11 heteroatoms. The second kappa shape index (κ2) is 12.1. The molecule has 0 saturated carbocycles. The maximum atomic E-state index is 13.7. The van der Waals surface area contributed by atoms with Gasteiger partial charge in [0, 0.05) is 49.1 Å².